The number of nitrogens with zero attached hydrogens (tertiary/aromatic N) is 1. The number of ether oxygens (including phenoxy) is 1. The summed E-state index contributed by atoms with van der Waals surface area (Å²) < 4.78 is 5.48. The van der Waals surface area contributed by atoms with Gasteiger partial charge in [0.25, 0.3) is 0 Å². The van der Waals surface area contributed by atoms with Crippen molar-refractivity contribution in [1.29, 1.82) is 0 Å². The molecule has 1 aromatic rings. The number of thiocarbonyl (C=S) groups is 1. The molecule has 2 aliphatic heterocycles. The number of allylic oxidation sites excluding steroid dienone is 1. The summed E-state index contributed by atoms with van der Waals surface area (Å²) in [6.07, 6.45) is 1.75. The van der Waals surface area contributed by atoms with Gasteiger partial charge in [0.05, 0.1) is 12.4 Å². The van der Waals surface area contributed by atoms with Crippen LogP contribution in [-0.4, -0.2) is 33.9 Å². The Morgan fingerprint density at radius 3 is 2.68 bits per heavy atom. The third kappa shape index (κ3) is 3.10. The Morgan fingerprint density at radius 1 is 1.41 bits per heavy atom. The molecular formula is C15H12NNaO4S. The summed E-state index contributed by atoms with van der Waals surface area (Å²) in [5, 5.41) is 11.2. The van der Waals surface area contributed by atoms with Crippen molar-refractivity contribution >= 4 is 29.0 Å². The van der Waals surface area contributed by atoms with Gasteiger partial charge in [0.15, 0.2) is 6.23 Å². The van der Waals surface area contributed by atoms with Gasteiger partial charge < -0.3 is 14.6 Å². The Labute approximate surface area is 155 Å². The first kappa shape index (κ1) is 17.1. The zero-order valence-corrected chi connectivity index (χ0v) is 14.8. The summed E-state index contributed by atoms with van der Waals surface area (Å²) >= 11 is 5.31. The van der Waals surface area contributed by atoms with E-state index >= 15 is 0 Å². The molecule has 0 radical (unpaired) electrons. The molecule has 2 unspecified atom stereocenters. The molecule has 1 amide bonds. The molecule has 2 fully saturated rings. The van der Waals surface area contributed by atoms with Crippen molar-refractivity contribution in [1.82, 2.24) is 4.90 Å². The number of fused-ring (bicyclic) bond motifs is 1. The van der Waals surface area contributed by atoms with Gasteiger partial charge in [0, 0.05) is 11.3 Å². The van der Waals surface area contributed by atoms with E-state index in [-0.39, 0.29) is 47.6 Å². The third-order valence-corrected chi connectivity index (χ3v) is 3.98. The van der Waals surface area contributed by atoms with Crippen LogP contribution in [0.5, 0.6) is 0 Å². The smallest absolute Gasteiger partial charge is 0.547 e. The number of amides is 1. The molecule has 7 heteroatoms. The van der Waals surface area contributed by atoms with Crippen LogP contribution in [0.4, 0.5) is 0 Å². The van der Waals surface area contributed by atoms with Gasteiger partial charge in [-0.2, -0.15) is 0 Å². The molecule has 1 aromatic carbocycles. The second-order valence-electron chi connectivity index (χ2n) is 4.90. The Bertz CT molecular complexity index is 646. The van der Waals surface area contributed by atoms with Crippen molar-refractivity contribution < 1.29 is 49.0 Å². The van der Waals surface area contributed by atoms with Gasteiger partial charge >= 0.3 is 29.6 Å². The summed E-state index contributed by atoms with van der Waals surface area (Å²) in [7, 11) is 0. The van der Waals surface area contributed by atoms with Crippen LogP contribution in [0.1, 0.15) is 18.4 Å². The molecular weight excluding hydrogens is 313 g/mol. The SMILES string of the molecule is O=C([O-])C1/C(=C/CC(=S)c2ccccc2)OC2CC(=O)N21.[Na+]. The average molecular weight is 325 g/mol. The van der Waals surface area contributed by atoms with E-state index in [1.54, 1.807) is 6.08 Å². The standard InChI is InChI=1S/C15H13NO4S.Na/c17-12-8-13-16(12)14(15(18)19)10(20-13)6-7-11(21)9-4-2-1-3-5-9;/h1-6,13-14H,7-8H2,(H,18,19);/q;+1/p-1/b10-6-;. The van der Waals surface area contributed by atoms with Crippen molar-refractivity contribution in [3.63, 3.8) is 0 Å². The number of carbonyl (C=O) groups is 2. The molecule has 0 N–H and O–H groups in total. The zero-order valence-electron chi connectivity index (χ0n) is 12.0. The van der Waals surface area contributed by atoms with E-state index in [0.29, 0.717) is 11.3 Å². The molecule has 0 spiro atoms. The number of aliphatic carboxylic acids is 1. The molecule has 3 rings (SSSR count). The van der Waals surface area contributed by atoms with E-state index in [1.807, 2.05) is 30.3 Å². The second kappa shape index (κ2) is 6.91. The van der Waals surface area contributed by atoms with Gasteiger partial charge in [0.1, 0.15) is 11.8 Å². The third-order valence-electron chi connectivity index (χ3n) is 3.57. The Morgan fingerprint density at radius 2 is 2.09 bits per heavy atom. The van der Waals surface area contributed by atoms with E-state index in [0.717, 1.165) is 5.56 Å². The van der Waals surface area contributed by atoms with Gasteiger partial charge in [-0.3, -0.25) is 9.69 Å². The number of rotatable bonds is 4. The second-order valence-corrected chi connectivity index (χ2v) is 5.39. The van der Waals surface area contributed by atoms with Gasteiger partial charge in [-0.05, 0) is 11.6 Å². The Balaban J connectivity index is 0.00000176. The van der Waals surface area contributed by atoms with E-state index in [2.05, 4.69) is 0 Å². The van der Waals surface area contributed by atoms with E-state index in [9.17, 15) is 14.7 Å². The molecule has 0 aliphatic carbocycles. The zero-order chi connectivity index (χ0) is 15.0. The van der Waals surface area contributed by atoms with Crippen LogP contribution in [0.2, 0.25) is 0 Å². The number of hydrogen-bond donors (Lipinski definition) is 0. The molecule has 2 atom stereocenters. The van der Waals surface area contributed by atoms with Crippen molar-refractivity contribution in [2.24, 2.45) is 0 Å². The van der Waals surface area contributed by atoms with E-state index in [4.69, 9.17) is 17.0 Å². The largest absolute Gasteiger partial charge is 1.00 e. The van der Waals surface area contributed by atoms with Gasteiger partial charge in [-0.1, -0.05) is 42.5 Å². The Hall–Kier alpha value is -1.21. The average Bonchev–Trinajstić information content (AvgIpc) is 2.78. The minimum absolute atomic E-state index is 0. The summed E-state index contributed by atoms with van der Waals surface area (Å²) in [4.78, 5) is 24.5. The van der Waals surface area contributed by atoms with Crippen LogP contribution in [0.25, 0.3) is 0 Å². The topological polar surface area (TPSA) is 69.7 Å². The van der Waals surface area contributed by atoms with Gasteiger partial charge in [0.2, 0.25) is 5.91 Å². The number of carboxylic acid groups (broad SMARTS) is 1. The van der Waals surface area contributed by atoms with E-state index < -0.39 is 18.2 Å². The molecule has 108 valence electrons. The maximum absolute atomic E-state index is 11.4. The number of carboxylic acids is 1. The maximum atomic E-state index is 11.4. The molecule has 22 heavy (non-hydrogen) atoms. The quantitative estimate of drug-likeness (QED) is 0.263. The number of carbonyl (C=O) groups excluding carboxylic acids is 2. The number of β-lactam (4-membered cyclic amide) rings is 1. The van der Waals surface area contributed by atoms with Crippen molar-refractivity contribution in [2.45, 2.75) is 25.1 Å². The van der Waals surface area contributed by atoms with Gasteiger partial charge in [-0.15, -0.1) is 0 Å². The molecule has 0 saturated carbocycles. The first-order chi connectivity index (χ1) is 10.1. The predicted molar refractivity (Wildman–Crippen MR) is 76.0 cm³/mol. The fraction of sp³-hybridized carbons (Fsp3) is 0.267. The number of hydrogen-bond acceptors (Lipinski definition) is 5. The fourth-order valence-electron chi connectivity index (χ4n) is 2.49. The number of benzene rings is 1. The molecule has 5 nitrogen and oxygen atoms in total. The molecule has 2 aliphatic rings. The van der Waals surface area contributed by atoms with Crippen LogP contribution >= 0.6 is 12.2 Å². The van der Waals surface area contributed by atoms with Gasteiger partial charge in [-0.25, -0.2) is 0 Å². The summed E-state index contributed by atoms with van der Waals surface area (Å²) in [6.45, 7) is 0. The Kier molecular flexibility index (Phi) is 5.39. The minimum atomic E-state index is -1.33. The fourth-order valence-corrected chi connectivity index (χ4v) is 2.71. The van der Waals surface area contributed by atoms with Crippen molar-refractivity contribution in [3.8, 4) is 0 Å². The van der Waals surface area contributed by atoms with Crippen LogP contribution < -0.4 is 34.7 Å². The minimum Gasteiger partial charge on any atom is -0.547 e. The van der Waals surface area contributed by atoms with Crippen LogP contribution in [0.3, 0.4) is 0 Å². The van der Waals surface area contributed by atoms with Crippen LogP contribution in [0, 0.1) is 0 Å². The first-order valence-electron chi connectivity index (χ1n) is 6.55. The van der Waals surface area contributed by atoms with Crippen LogP contribution in [-0.2, 0) is 14.3 Å². The summed E-state index contributed by atoms with van der Waals surface area (Å²) in [6, 6.07) is 8.32. The predicted octanol–water partition coefficient (Wildman–Crippen LogP) is -2.61. The molecule has 0 aromatic heterocycles. The summed E-state index contributed by atoms with van der Waals surface area (Å²) in [5.41, 5.74) is 0.909. The molecule has 2 saturated heterocycles. The first-order valence-corrected chi connectivity index (χ1v) is 6.95. The van der Waals surface area contributed by atoms with Crippen molar-refractivity contribution in [3.05, 3.63) is 47.7 Å². The normalized spacial score (nSPS) is 24.1. The molecule has 2 heterocycles. The summed E-state index contributed by atoms with van der Waals surface area (Å²) in [5.74, 6) is -1.32. The monoisotopic (exact) mass is 325 g/mol. The maximum Gasteiger partial charge on any atom is 1.00 e. The van der Waals surface area contributed by atoms with Crippen molar-refractivity contribution in [2.75, 3.05) is 0 Å². The molecule has 0 bridgehead atoms. The van der Waals surface area contributed by atoms with E-state index in [1.165, 1.54) is 4.90 Å². The van der Waals surface area contributed by atoms with Crippen LogP contribution in [0.15, 0.2) is 42.2 Å².